The smallest absolute Gasteiger partial charge is 0.257 e. The van der Waals surface area contributed by atoms with Crippen molar-refractivity contribution >= 4 is 11.4 Å². The highest BCUT2D eigenvalue weighted by Gasteiger charge is 2.33. The number of amides is 1. The SMILES string of the molecule is Cc1ccn2ncc(C(=O)N3C[C@@H](C)O[C@@H](c4nnc(C)o4)C3)c2c1. The molecule has 1 aliphatic rings. The lowest BCUT2D eigenvalue weighted by Gasteiger charge is -2.35. The molecule has 1 saturated heterocycles. The zero-order chi connectivity index (χ0) is 17.6. The molecule has 1 aliphatic heterocycles. The lowest BCUT2D eigenvalue weighted by Crippen LogP contribution is -2.46. The van der Waals surface area contributed by atoms with Crippen molar-refractivity contribution in [3.63, 3.8) is 0 Å². The number of morpholine rings is 1. The molecule has 1 fully saturated rings. The number of fused-ring (bicyclic) bond motifs is 1. The van der Waals surface area contributed by atoms with E-state index in [0.29, 0.717) is 30.4 Å². The number of carbonyl (C=O) groups is 1. The van der Waals surface area contributed by atoms with Crippen LogP contribution < -0.4 is 0 Å². The number of aryl methyl sites for hydroxylation is 2. The second-order valence-electron chi connectivity index (χ2n) is 6.40. The van der Waals surface area contributed by atoms with Crippen molar-refractivity contribution in [1.29, 1.82) is 0 Å². The van der Waals surface area contributed by atoms with Crippen LogP contribution in [0, 0.1) is 13.8 Å². The van der Waals surface area contributed by atoms with E-state index in [2.05, 4.69) is 15.3 Å². The monoisotopic (exact) mass is 341 g/mol. The van der Waals surface area contributed by atoms with Gasteiger partial charge < -0.3 is 14.1 Å². The summed E-state index contributed by atoms with van der Waals surface area (Å²) >= 11 is 0. The van der Waals surface area contributed by atoms with E-state index < -0.39 is 6.10 Å². The molecule has 0 saturated carbocycles. The standard InChI is InChI=1S/C17H19N5O3/c1-10-4-5-22-14(6-10)13(7-18-22)17(23)21-8-11(2)24-15(9-21)16-20-19-12(3)25-16/h4-7,11,15H,8-9H2,1-3H3/t11-,15-/m1/s1. The molecule has 3 aromatic rings. The Labute approximate surface area is 144 Å². The van der Waals surface area contributed by atoms with Gasteiger partial charge in [0.25, 0.3) is 5.91 Å². The number of hydrogen-bond acceptors (Lipinski definition) is 6. The third-order valence-corrected chi connectivity index (χ3v) is 4.27. The molecule has 130 valence electrons. The Morgan fingerprint density at radius 2 is 2.12 bits per heavy atom. The van der Waals surface area contributed by atoms with Gasteiger partial charge in [0, 0.05) is 19.7 Å². The zero-order valence-electron chi connectivity index (χ0n) is 14.3. The fourth-order valence-electron chi connectivity index (χ4n) is 3.12. The van der Waals surface area contributed by atoms with Gasteiger partial charge in [-0.2, -0.15) is 5.10 Å². The Kier molecular flexibility index (Phi) is 3.76. The van der Waals surface area contributed by atoms with Crippen molar-refractivity contribution in [3.8, 4) is 0 Å². The molecule has 8 heteroatoms. The van der Waals surface area contributed by atoms with Gasteiger partial charge in [-0.1, -0.05) is 0 Å². The van der Waals surface area contributed by atoms with Crippen LogP contribution in [-0.4, -0.2) is 49.8 Å². The Hall–Kier alpha value is -2.74. The maximum absolute atomic E-state index is 13.1. The van der Waals surface area contributed by atoms with Crippen molar-refractivity contribution in [2.75, 3.05) is 13.1 Å². The number of ether oxygens (including phenoxy) is 1. The average Bonchev–Trinajstić information content (AvgIpc) is 3.19. The zero-order valence-corrected chi connectivity index (χ0v) is 14.3. The number of aromatic nitrogens is 4. The van der Waals surface area contributed by atoms with E-state index in [0.717, 1.165) is 11.1 Å². The van der Waals surface area contributed by atoms with Gasteiger partial charge in [0.1, 0.15) is 0 Å². The molecule has 8 nitrogen and oxygen atoms in total. The number of carbonyl (C=O) groups excluding carboxylic acids is 1. The third-order valence-electron chi connectivity index (χ3n) is 4.27. The van der Waals surface area contributed by atoms with Gasteiger partial charge in [0.2, 0.25) is 11.8 Å². The minimum absolute atomic E-state index is 0.0722. The van der Waals surface area contributed by atoms with Crippen molar-refractivity contribution in [2.45, 2.75) is 33.0 Å². The molecule has 4 rings (SSSR count). The highest BCUT2D eigenvalue weighted by atomic mass is 16.5. The Morgan fingerprint density at radius 3 is 2.88 bits per heavy atom. The van der Waals surface area contributed by atoms with Crippen LogP contribution in [0.1, 0.15) is 40.7 Å². The molecule has 0 radical (unpaired) electrons. The van der Waals surface area contributed by atoms with Gasteiger partial charge in [-0.15, -0.1) is 10.2 Å². The second kappa shape index (κ2) is 5.96. The van der Waals surface area contributed by atoms with Gasteiger partial charge in [-0.05, 0) is 31.5 Å². The summed E-state index contributed by atoms with van der Waals surface area (Å²) in [5, 5.41) is 12.1. The Bertz CT molecular complexity index is 931. The normalized spacial score (nSPS) is 21.0. The lowest BCUT2D eigenvalue weighted by atomic mass is 10.1. The van der Waals surface area contributed by atoms with Crippen molar-refractivity contribution in [2.24, 2.45) is 0 Å². The predicted molar refractivity (Wildman–Crippen MR) is 88.2 cm³/mol. The molecule has 1 amide bonds. The first-order valence-electron chi connectivity index (χ1n) is 8.20. The summed E-state index contributed by atoms with van der Waals surface area (Å²) in [6, 6.07) is 3.92. The summed E-state index contributed by atoms with van der Waals surface area (Å²) in [5.41, 5.74) is 2.46. The minimum atomic E-state index is -0.419. The van der Waals surface area contributed by atoms with Gasteiger partial charge >= 0.3 is 0 Å². The Balaban J connectivity index is 1.63. The topological polar surface area (TPSA) is 85.8 Å². The highest BCUT2D eigenvalue weighted by Crippen LogP contribution is 2.26. The molecule has 3 aromatic heterocycles. The van der Waals surface area contributed by atoms with Gasteiger partial charge in [-0.3, -0.25) is 4.79 Å². The average molecular weight is 341 g/mol. The molecule has 25 heavy (non-hydrogen) atoms. The quantitative estimate of drug-likeness (QED) is 0.708. The maximum atomic E-state index is 13.1. The molecule has 0 unspecified atom stereocenters. The summed E-state index contributed by atoms with van der Waals surface area (Å²) in [4.78, 5) is 14.8. The van der Waals surface area contributed by atoms with Crippen LogP contribution in [0.4, 0.5) is 0 Å². The van der Waals surface area contributed by atoms with Gasteiger partial charge in [0.15, 0.2) is 6.10 Å². The molecular weight excluding hydrogens is 322 g/mol. The van der Waals surface area contributed by atoms with E-state index in [1.165, 1.54) is 0 Å². The van der Waals surface area contributed by atoms with Crippen molar-refractivity contribution in [1.82, 2.24) is 24.7 Å². The van der Waals surface area contributed by atoms with E-state index in [4.69, 9.17) is 9.15 Å². The van der Waals surface area contributed by atoms with Crippen LogP contribution in [0.5, 0.6) is 0 Å². The van der Waals surface area contributed by atoms with E-state index >= 15 is 0 Å². The van der Waals surface area contributed by atoms with Crippen LogP contribution in [0.2, 0.25) is 0 Å². The van der Waals surface area contributed by atoms with Gasteiger partial charge in [0.05, 0.1) is 29.9 Å². The molecular formula is C17H19N5O3. The molecule has 4 heterocycles. The first-order chi connectivity index (χ1) is 12.0. The Morgan fingerprint density at radius 1 is 1.28 bits per heavy atom. The summed E-state index contributed by atoms with van der Waals surface area (Å²) in [5.74, 6) is 0.808. The molecule has 0 aromatic carbocycles. The number of pyridine rings is 1. The highest BCUT2D eigenvalue weighted by molar-refractivity contribution is 6.00. The minimum Gasteiger partial charge on any atom is -0.423 e. The number of hydrogen-bond donors (Lipinski definition) is 0. The van der Waals surface area contributed by atoms with Gasteiger partial charge in [-0.25, -0.2) is 4.52 Å². The largest absolute Gasteiger partial charge is 0.423 e. The molecule has 0 bridgehead atoms. The second-order valence-corrected chi connectivity index (χ2v) is 6.40. The fraction of sp³-hybridized carbons (Fsp3) is 0.412. The first kappa shape index (κ1) is 15.8. The number of rotatable bonds is 2. The lowest BCUT2D eigenvalue weighted by molar-refractivity contribution is -0.0796. The summed E-state index contributed by atoms with van der Waals surface area (Å²) in [6.45, 7) is 6.52. The van der Waals surface area contributed by atoms with Crippen molar-refractivity contribution < 1.29 is 13.9 Å². The summed E-state index contributed by atoms with van der Waals surface area (Å²) in [7, 11) is 0. The maximum Gasteiger partial charge on any atom is 0.257 e. The molecule has 0 spiro atoms. The molecule has 2 atom stereocenters. The fourth-order valence-corrected chi connectivity index (χ4v) is 3.12. The van der Waals surface area contributed by atoms with E-state index in [9.17, 15) is 4.79 Å². The first-order valence-corrected chi connectivity index (χ1v) is 8.20. The van der Waals surface area contributed by atoms with Crippen LogP contribution in [0.3, 0.4) is 0 Å². The van der Waals surface area contributed by atoms with E-state index in [1.807, 2.05) is 32.2 Å². The summed E-state index contributed by atoms with van der Waals surface area (Å²) in [6.07, 6.45) is 2.92. The van der Waals surface area contributed by atoms with Crippen molar-refractivity contribution in [3.05, 3.63) is 47.4 Å². The van der Waals surface area contributed by atoms with E-state index in [-0.39, 0.29) is 12.0 Å². The molecule has 0 N–H and O–H groups in total. The predicted octanol–water partition coefficient (Wildman–Crippen LogP) is 1.94. The number of nitrogens with zero attached hydrogens (tertiary/aromatic N) is 5. The van der Waals surface area contributed by atoms with Crippen LogP contribution in [0.15, 0.2) is 28.9 Å². The van der Waals surface area contributed by atoms with Crippen LogP contribution >= 0.6 is 0 Å². The summed E-state index contributed by atoms with van der Waals surface area (Å²) < 4.78 is 13.1. The third kappa shape index (κ3) is 2.89. The van der Waals surface area contributed by atoms with Crippen LogP contribution in [-0.2, 0) is 4.74 Å². The van der Waals surface area contributed by atoms with Crippen LogP contribution in [0.25, 0.3) is 5.52 Å². The van der Waals surface area contributed by atoms with E-state index in [1.54, 1.807) is 22.5 Å². The molecule has 0 aliphatic carbocycles.